The van der Waals surface area contributed by atoms with E-state index in [0.29, 0.717) is 24.5 Å². The van der Waals surface area contributed by atoms with Crippen molar-refractivity contribution in [2.75, 3.05) is 18.0 Å². The molecule has 0 radical (unpaired) electrons. The van der Waals surface area contributed by atoms with Crippen molar-refractivity contribution < 1.29 is 14.8 Å². The van der Waals surface area contributed by atoms with Crippen LogP contribution in [-0.4, -0.2) is 29.1 Å². The standard InChI is InChI=1S/C17H17ClN4O4/c1-2-21(10-9-17(23)24)13-5-3-12(4-6-13)19-20-16-8-7-14(22(25)26)11-15(16)18/h3-8,11H,2,9-10H2,1H3,(H,23,24). The first-order chi connectivity index (χ1) is 12.4. The van der Waals surface area contributed by atoms with Gasteiger partial charge in [0.1, 0.15) is 5.69 Å². The molecule has 0 aromatic heterocycles. The third-order valence-corrected chi connectivity index (χ3v) is 3.91. The van der Waals surface area contributed by atoms with Gasteiger partial charge in [0.15, 0.2) is 0 Å². The number of nitrogens with zero attached hydrogens (tertiary/aromatic N) is 4. The van der Waals surface area contributed by atoms with E-state index in [1.165, 1.54) is 18.2 Å². The van der Waals surface area contributed by atoms with Crippen molar-refractivity contribution in [3.05, 3.63) is 57.6 Å². The highest BCUT2D eigenvalue weighted by Crippen LogP contribution is 2.30. The molecule has 0 saturated carbocycles. The van der Waals surface area contributed by atoms with Crippen LogP contribution in [0.25, 0.3) is 0 Å². The molecule has 9 heteroatoms. The molecule has 0 atom stereocenters. The topological polar surface area (TPSA) is 108 Å². The van der Waals surface area contributed by atoms with Crippen LogP contribution in [0.3, 0.4) is 0 Å². The van der Waals surface area contributed by atoms with E-state index in [0.717, 1.165) is 5.69 Å². The Morgan fingerprint density at radius 1 is 1.23 bits per heavy atom. The molecule has 8 nitrogen and oxygen atoms in total. The summed E-state index contributed by atoms with van der Waals surface area (Å²) in [6.07, 6.45) is 0.0634. The van der Waals surface area contributed by atoms with Crippen molar-refractivity contribution in [2.45, 2.75) is 13.3 Å². The number of carboxylic acid groups (broad SMARTS) is 1. The lowest BCUT2D eigenvalue weighted by Crippen LogP contribution is -2.25. The highest BCUT2D eigenvalue weighted by Gasteiger charge is 2.09. The minimum Gasteiger partial charge on any atom is -0.481 e. The van der Waals surface area contributed by atoms with E-state index in [2.05, 4.69) is 10.2 Å². The summed E-state index contributed by atoms with van der Waals surface area (Å²) in [5.74, 6) is -0.839. The Kier molecular flexibility index (Phi) is 6.62. The number of halogens is 1. The normalized spacial score (nSPS) is 10.8. The van der Waals surface area contributed by atoms with Crippen molar-refractivity contribution in [1.82, 2.24) is 0 Å². The highest BCUT2D eigenvalue weighted by molar-refractivity contribution is 6.33. The van der Waals surface area contributed by atoms with Crippen molar-refractivity contribution in [3.63, 3.8) is 0 Å². The van der Waals surface area contributed by atoms with Gasteiger partial charge in [-0.05, 0) is 37.3 Å². The molecule has 0 aliphatic heterocycles. The Balaban J connectivity index is 2.10. The maximum atomic E-state index is 10.7. The molecule has 2 aromatic carbocycles. The van der Waals surface area contributed by atoms with Crippen molar-refractivity contribution >= 4 is 40.3 Å². The van der Waals surface area contributed by atoms with Crippen LogP contribution in [0.4, 0.5) is 22.7 Å². The molecular formula is C17H17ClN4O4. The van der Waals surface area contributed by atoms with Gasteiger partial charge in [0, 0.05) is 30.9 Å². The smallest absolute Gasteiger partial charge is 0.305 e. The number of rotatable bonds is 8. The Bertz CT molecular complexity index is 824. The summed E-state index contributed by atoms with van der Waals surface area (Å²) >= 11 is 5.97. The van der Waals surface area contributed by atoms with Crippen molar-refractivity contribution in [1.29, 1.82) is 0 Å². The second kappa shape index (κ2) is 8.91. The lowest BCUT2D eigenvalue weighted by molar-refractivity contribution is -0.384. The van der Waals surface area contributed by atoms with Crippen LogP contribution in [-0.2, 0) is 4.79 Å². The van der Waals surface area contributed by atoms with Crippen LogP contribution in [0, 0.1) is 10.1 Å². The van der Waals surface area contributed by atoms with E-state index < -0.39 is 10.9 Å². The fourth-order valence-corrected chi connectivity index (χ4v) is 2.45. The molecule has 0 spiro atoms. The third-order valence-electron chi connectivity index (χ3n) is 3.61. The van der Waals surface area contributed by atoms with Crippen LogP contribution in [0.2, 0.25) is 5.02 Å². The summed E-state index contributed by atoms with van der Waals surface area (Å²) in [5.41, 5.74) is 1.69. The number of hydrogen-bond acceptors (Lipinski definition) is 6. The second-order valence-corrected chi connectivity index (χ2v) is 5.74. The van der Waals surface area contributed by atoms with Crippen molar-refractivity contribution in [3.8, 4) is 0 Å². The number of aliphatic carboxylic acids is 1. The summed E-state index contributed by atoms with van der Waals surface area (Å²) in [4.78, 5) is 22.8. The zero-order chi connectivity index (χ0) is 19.1. The Hall–Kier alpha value is -3.00. The zero-order valence-electron chi connectivity index (χ0n) is 14.0. The quantitative estimate of drug-likeness (QED) is 0.397. The van der Waals surface area contributed by atoms with Gasteiger partial charge in [0.05, 0.1) is 22.1 Å². The number of carbonyl (C=O) groups is 1. The summed E-state index contributed by atoms with van der Waals surface area (Å²) in [7, 11) is 0. The molecule has 2 aromatic rings. The number of anilines is 1. The van der Waals surface area contributed by atoms with Crippen molar-refractivity contribution in [2.24, 2.45) is 10.2 Å². The number of non-ortho nitro benzene ring substituents is 1. The predicted octanol–water partition coefficient (Wildman–Crippen LogP) is 4.96. The van der Waals surface area contributed by atoms with Gasteiger partial charge in [-0.3, -0.25) is 14.9 Å². The average Bonchev–Trinajstić information content (AvgIpc) is 2.61. The number of nitro benzene ring substituents is 1. The largest absolute Gasteiger partial charge is 0.481 e. The molecule has 0 amide bonds. The predicted molar refractivity (Wildman–Crippen MR) is 98.9 cm³/mol. The first kappa shape index (κ1) is 19.3. The lowest BCUT2D eigenvalue weighted by atomic mass is 10.2. The SMILES string of the molecule is CCN(CCC(=O)O)c1ccc(N=Nc2ccc([N+](=O)[O-])cc2Cl)cc1. The van der Waals surface area contributed by atoms with Gasteiger partial charge in [-0.1, -0.05) is 11.6 Å². The maximum Gasteiger partial charge on any atom is 0.305 e. The van der Waals surface area contributed by atoms with E-state index in [4.69, 9.17) is 16.7 Å². The molecule has 0 aliphatic carbocycles. The Morgan fingerprint density at radius 3 is 2.46 bits per heavy atom. The molecule has 0 aliphatic rings. The Labute approximate surface area is 154 Å². The van der Waals surface area contributed by atoms with E-state index in [-0.39, 0.29) is 17.1 Å². The van der Waals surface area contributed by atoms with Crippen LogP contribution in [0.15, 0.2) is 52.7 Å². The second-order valence-electron chi connectivity index (χ2n) is 5.33. The lowest BCUT2D eigenvalue weighted by Gasteiger charge is -2.22. The molecule has 0 unspecified atom stereocenters. The summed E-state index contributed by atoms with van der Waals surface area (Å²) < 4.78 is 0. The van der Waals surface area contributed by atoms with E-state index in [9.17, 15) is 14.9 Å². The average molecular weight is 377 g/mol. The van der Waals surface area contributed by atoms with E-state index in [1.54, 1.807) is 12.1 Å². The molecule has 2 rings (SSSR count). The molecule has 1 N–H and O–H groups in total. The monoisotopic (exact) mass is 376 g/mol. The Morgan fingerprint density at radius 2 is 1.92 bits per heavy atom. The number of benzene rings is 2. The maximum absolute atomic E-state index is 10.7. The summed E-state index contributed by atoms with van der Waals surface area (Å²) in [6.45, 7) is 3.06. The molecule has 136 valence electrons. The van der Waals surface area contributed by atoms with Gasteiger partial charge in [-0.25, -0.2) is 0 Å². The summed E-state index contributed by atoms with van der Waals surface area (Å²) in [5, 5.41) is 27.7. The first-order valence-corrected chi connectivity index (χ1v) is 8.21. The van der Waals surface area contributed by atoms with Crippen LogP contribution in [0.1, 0.15) is 13.3 Å². The van der Waals surface area contributed by atoms with Crippen LogP contribution >= 0.6 is 11.6 Å². The van der Waals surface area contributed by atoms with Gasteiger partial charge in [0.25, 0.3) is 5.69 Å². The van der Waals surface area contributed by atoms with Gasteiger partial charge in [-0.2, -0.15) is 5.11 Å². The van der Waals surface area contributed by atoms with Gasteiger partial charge < -0.3 is 10.0 Å². The number of carboxylic acids is 1. The van der Waals surface area contributed by atoms with Gasteiger partial charge in [-0.15, -0.1) is 5.11 Å². The van der Waals surface area contributed by atoms with E-state index in [1.807, 2.05) is 24.0 Å². The van der Waals surface area contributed by atoms with Gasteiger partial charge >= 0.3 is 5.97 Å². The van der Waals surface area contributed by atoms with E-state index >= 15 is 0 Å². The minimum atomic E-state index is -0.839. The summed E-state index contributed by atoms with van der Waals surface area (Å²) in [6, 6.07) is 11.1. The number of hydrogen-bond donors (Lipinski definition) is 1. The molecule has 26 heavy (non-hydrogen) atoms. The third kappa shape index (κ3) is 5.25. The molecule has 0 fully saturated rings. The minimum absolute atomic E-state index is 0.0634. The molecule has 0 saturated heterocycles. The highest BCUT2D eigenvalue weighted by atomic mass is 35.5. The zero-order valence-corrected chi connectivity index (χ0v) is 14.8. The molecular weight excluding hydrogens is 360 g/mol. The van der Waals surface area contributed by atoms with Crippen LogP contribution < -0.4 is 4.90 Å². The number of nitro groups is 1. The fourth-order valence-electron chi connectivity index (χ4n) is 2.23. The molecule has 0 bridgehead atoms. The van der Waals surface area contributed by atoms with Crippen LogP contribution in [0.5, 0.6) is 0 Å². The van der Waals surface area contributed by atoms with Gasteiger partial charge in [0.2, 0.25) is 0 Å². The number of azo groups is 1. The molecule has 0 heterocycles. The first-order valence-electron chi connectivity index (χ1n) is 7.83. The fraction of sp³-hybridized carbons (Fsp3) is 0.235.